The van der Waals surface area contributed by atoms with E-state index in [-0.39, 0.29) is 0 Å². The van der Waals surface area contributed by atoms with Crippen molar-refractivity contribution >= 4 is 57.6 Å². The van der Waals surface area contributed by atoms with Crippen LogP contribution in [0, 0.1) is 6.92 Å². The lowest BCUT2D eigenvalue weighted by atomic mass is 10.0. The van der Waals surface area contributed by atoms with Gasteiger partial charge in [-0.25, -0.2) is 9.59 Å². The summed E-state index contributed by atoms with van der Waals surface area (Å²) >= 11 is 16.7. The van der Waals surface area contributed by atoms with Crippen LogP contribution in [0.4, 0.5) is 10.5 Å². The maximum atomic E-state index is 12.0. The smallest absolute Gasteiger partial charge is 0.411 e. The standard InChI is InChI=1S/C18H18Cl3NO4/c1-10(2)4-5-13-14(22-17(24)25-9-18(19,20)21)7-6-12-11(3)8-15(23)26-16(12)13/h4,6-8H,5,9H2,1-3H3,(H,22,24). The van der Waals surface area contributed by atoms with Gasteiger partial charge in [0.2, 0.25) is 3.79 Å². The highest BCUT2D eigenvalue weighted by Crippen LogP contribution is 2.29. The molecule has 0 unspecified atom stereocenters. The van der Waals surface area contributed by atoms with E-state index in [2.05, 4.69) is 5.32 Å². The molecule has 5 nitrogen and oxygen atoms in total. The summed E-state index contributed by atoms with van der Waals surface area (Å²) in [5.41, 5.74) is 2.96. The zero-order valence-corrected chi connectivity index (χ0v) is 16.8. The van der Waals surface area contributed by atoms with Crippen molar-refractivity contribution in [2.24, 2.45) is 0 Å². The lowest BCUT2D eigenvalue weighted by Crippen LogP contribution is -2.21. The fourth-order valence-electron chi connectivity index (χ4n) is 2.36. The molecule has 0 aliphatic rings. The number of anilines is 1. The van der Waals surface area contributed by atoms with Crippen LogP contribution in [-0.4, -0.2) is 16.5 Å². The van der Waals surface area contributed by atoms with E-state index in [0.717, 1.165) is 16.5 Å². The third-order valence-electron chi connectivity index (χ3n) is 3.54. The zero-order chi connectivity index (χ0) is 19.5. The van der Waals surface area contributed by atoms with Crippen molar-refractivity contribution in [1.82, 2.24) is 0 Å². The number of ether oxygens (including phenoxy) is 1. The van der Waals surface area contributed by atoms with E-state index in [0.29, 0.717) is 23.3 Å². The number of hydrogen-bond donors (Lipinski definition) is 1. The van der Waals surface area contributed by atoms with Gasteiger partial charge in [0.15, 0.2) is 0 Å². The number of allylic oxidation sites excluding steroid dienone is 2. The molecule has 26 heavy (non-hydrogen) atoms. The molecule has 1 amide bonds. The number of halogens is 3. The summed E-state index contributed by atoms with van der Waals surface area (Å²) in [6.07, 6.45) is 1.66. The summed E-state index contributed by atoms with van der Waals surface area (Å²) in [5, 5.41) is 3.40. The van der Waals surface area contributed by atoms with Crippen molar-refractivity contribution in [3.05, 3.63) is 51.4 Å². The molecule has 0 spiro atoms. The average Bonchev–Trinajstić information content (AvgIpc) is 2.50. The first kappa shape index (κ1) is 20.6. The lowest BCUT2D eigenvalue weighted by Gasteiger charge is -2.15. The topological polar surface area (TPSA) is 68.5 Å². The Morgan fingerprint density at radius 1 is 1.31 bits per heavy atom. The van der Waals surface area contributed by atoms with E-state index < -0.39 is 22.1 Å². The van der Waals surface area contributed by atoms with Crippen molar-refractivity contribution in [3.8, 4) is 0 Å². The maximum absolute atomic E-state index is 12.0. The number of alkyl halides is 3. The quantitative estimate of drug-likeness (QED) is 0.403. The molecule has 1 aromatic carbocycles. The number of fused-ring (bicyclic) bond motifs is 1. The first-order valence-corrected chi connectivity index (χ1v) is 8.90. The van der Waals surface area contributed by atoms with Crippen molar-refractivity contribution in [2.75, 3.05) is 11.9 Å². The molecular weight excluding hydrogens is 401 g/mol. The van der Waals surface area contributed by atoms with Gasteiger partial charge in [-0.15, -0.1) is 0 Å². The highest BCUT2D eigenvalue weighted by molar-refractivity contribution is 6.67. The Kier molecular flexibility index (Phi) is 6.61. The Labute approximate surface area is 165 Å². The van der Waals surface area contributed by atoms with E-state index >= 15 is 0 Å². The first-order valence-electron chi connectivity index (χ1n) is 7.77. The summed E-state index contributed by atoms with van der Waals surface area (Å²) in [5.74, 6) is 0. The van der Waals surface area contributed by atoms with Gasteiger partial charge in [-0.2, -0.15) is 0 Å². The molecule has 0 atom stereocenters. The molecular formula is C18H18Cl3NO4. The molecule has 0 radical (unpaired) electrons. The van der Waals surface area contributed by atoms with Crippen molar-refractivity contribution < 1.29 is 13.9 Å². The number of hydrogen-bond acceptors (Lipinski definition) is 4. The van der Waals surface area contributed by atoms with Gasteiger partial charge in [-0.05, 0) is 44.9 Å². The van der Waals surface area contributed by atoms with Crippen molar-refractivity contribution in [3.63, 3.8) is 0 Å². The molecule has 8 heteroatoms. The highest BCUT2D eigenvalue weighted by Gasteiger charge is 2.22. The van der Waals surface area contributed by atoms with Gasteiger partial charge in [-0.3, -0.25) is 5.32 Å². The molecule has 0 saturated carbocycles. The summed E-state index contributed by atoms with van der Waals surface area (Å²) < 4.78 is 8.60. The molecule has 0 fully saturated rings. The van der Waals surface area contributed by atoms with Crippen LogP contribution in [-0.2, 0) is 11.2 Å². The number of amides is 1. The molecule has 0 saturated heterocycles. The van der Waals surface area contributed by atoms with Crippen molar-refractivity contribution in [2.45, 2.75) is 31.0 Å². The summed E-state index contributed by atoms with van der Waals surface area (Å²) in [7, 11) is 0. The van der Waals surface area contributed by atoms with Gasteiger partial charge in [-0.1, -0.05) is 46.5 Å². The number of carbonyl (C=O) groups is 1. The van der Waals surface area contributed by atoms with Gasteiger partial charge in [0.25, 0.3) is 0 Å². The molecule has 140 valence electrons. The highest BCUT2D eigenvalue weighted by atomic mass is 35.6. The van der Waals surface area contributed by atoms with E-state index in [1.54, 1.807) is 12.1 Å². The number of nitrogens with one attached hydrogen (secondary N) is 1. The largest absolute Gasteiger partial charge is 0.445 e. The summed E-state index contributed by atoms with van der Waals surface area (Å²) in [6.45, 7) is 5.34. The second kappa shape index (κ2) is 8.33. The van der Waals surface area contributed by atoms with Crippen LogP contribution in [0.15, 0.2) is 39.1 Å². The number of benzene rings is 1. The van der Waals surface area contributed by atoms with E-state index in [1.807, 2.05) is 26.8 Å². The molecule has 0 aliphatic carbocycles. The minimum atomic E-state index is -1.70. The van der Waals surface area contributed by atoms with Crippen LogP contribution in [0.25, 0.3) is 11.0 Å². The van der Waals surface area contributed by atoms with Gasteiger partial charge < -0.3 is 9.15 Å². The lowest BCUT2D eigenvalue weighted by molar-refractivity contribution is 0.164. The van der Waals surface area contributed by atoms with Crippen LogP contribution >= 0.6 is 34.8 Å². The second-order valence-electron chi connectivity index (χ2n) is 6.02. The van der Waals surface area contributed by atoms with Crippen LogP contribution in [0.5, 0.6) is 0 Å². The van der Waals surface area contributed by atoms with Crippen molar-refractivity contribution in [1.29, 1.82) is 0 Å². The Bertz CT molecular complexity index is 909. The van der Waals surface area contributed by atoms with Crippen LogP contribution in [0.2, 0.25) is 0 Å². The van der Waals surface area contributed by atoms with Gasteiger partial charge >= 0.3 is 11.7 Å². The molecule has 1 heterocycles. The Morgan fingerprint density at radius 2 is 2.00 bits per heavy atom. The molecule has 2 rings (SSSR count). The predicted octanol–water partition coefficient (Wildman–Crippen LogP) is 5.53. The zero-order valence-electron chi connectivity index (χ0n) is 14.5. The Balaban J connectivity index is 2.44. The number of carbonyl (C=O) groups excluding carboxylic acids is 1. The van der Waals surface area contributed by atoms with Gasteiger partial charge in [0.1, 0.15) is 12.2 Å². The Morgan fingerprint density at radius 3 is 2.62 bits per heavy atom. The maximum Gasteiger partial charge on any atom is 0.411 e. The molecule has 0 aliphatic heterocycles. The van der Waals surface area contributed by atoms with E-state index in [9.17, 15) is 9.59 Å². The fraction of sp³-hybridized carbons (Fsp3) is 0.333. The normalized spacial score (nSPS) is 11.3. The molecule has 2 aromatic rings. The van der Waals surface area contributed by atoms with Gasteiger partial charge in [0.05, 0.1) is 5.69 Å². The second-order valence-corrected chi connectivity index (χ2v) is 8.53. The predicted molar refractivity (Wildman–Crippen MR) is 106 cm³/mol. The molecule has 0 bridgehead atoms. The van der Waals surface area contributed by atoms with Crippen LogP contribution in [0.1, 0.15) is 25.0 Å². The minimum Gasteiger partial charge on any atom is -0.445 e. The third-order valence-corrected chi connectivity index (χ3v) is 3.87. The average molecular weight is 419 g/mol. The number of aryl methyl sites for hydroxylation is 1. The Hall–Kier alpha value is -1.69. The molecule has 1 N–H and O–H groups in total. The fourth-order valence-corrected chi connectivity index (χ4v) is 2.52. The summed E-state index contributed by atoms with van der Waals surface area (Å²) in [4.78, 5) is 23.8. The third kappa shape index (κ3) is 5.66. The van der Waals surface area contributed by atoms with Crippen LogP contribution in [0.3, 0.4) is 0 Å². The first-order chi connectivity index (χ1) is 12.1. The van der Waals surface area contributed by atoms with Crippen LogP contribution < -0.4 is 10.9 Å². The van der Waals surface area contributed by atoms with Gasteiger partial charge in [0, 0.05) is 17.0 Å². The van der Waals surface area contributed by atoms with E-state index in [4.69, 9.17) is 44.0 Å². The molecule has 1 aromatic heterocycles. The SMILES string of the molecule is CC(C)=CCc1c(NC(=O)OCC(Cl)(Cl)Cl)ccc2c(C)cc(=O)oc12. The summed E-state index contributed by atoms with van der Waals surface area (Å²) in [6, 6.07) is 4.92. The number of rotatable bonds is 4. The minimum absolute atomic E-state index is 0.394. The van der Waals surface area contributed by atoms with E-state index in [1.165, 1.54) is 6.07 Å². The monoisotopic (exact) mass is 417 g/mol.